The Bertz CT molecular complexity index is 536. The van der Waals surface area contributed by atoms with Crippen LogP contribution in [0.3, 0.4) is 0 Å². The molecular formula is C13H20N4S. The third kappa shape index (κ3) is 1.77. The standard InChI is InChI=1S/C13H20N4S/c1-7-4-5-15-12(11(7)14)10-6-9-8(2)16-17(3)13(9)18-10/h6-7,11-12,15H,4-5,14H2,1-3H3. The molecule has 1 aliphatic heterocycles. The number of nitrogens with one attached hydrogen (secondary N) is 1. The van der Waals surface area contributed by atoms with Crippen molar-refractivity contribution >= 4 is 21.6 Å². The number of nitrogens with two attached hydrogens (primary N) is 1. The lowest BCUT2D eigenvalue weighted by Gasteiger charge is -2.34. The Balaban J connectivity index is 2.01. The predicted molar refractivity (Wildman–Crippen MR) is 75.8 cm³/mol. The first-order chi connectivity index (χ1) is 8.58. The lowest BCUT2D eigenvalue weighted by molar-refractivity contribution is 0.278. The topological polar surface area (TPSA) is 55.9 Å². The van der Waals surface area contributed by atoms with Crippen LogP contribution < -0.4 is 11.1 Å². The first-order valence-electron chi connectivity index (χ1n) is 6.50. The van der Waals surface area contributed by atoms with Crippen LogP contribution >= 0.6 is 11.3 Å². The average Bonchev–Trinajstić information content (AvgIpc) is 2.86. The summed E-state index contributed by atoms with van der Waals surface area (Å²) >= 11 is 1.81. The number of hydrogen-bond donors (Lipinski definition) is 2. The van der Waals surface area contributed by atoms with Crippen LogP contribution in [-0.4, -0.2) is 22.4 Å². The third-order valence-corrected chi connectivity index (χ3v) is 5.31. The molecule has 98 valence electrons. The highest BCUT2D eigenvalue weighted by Crippen LogP contribution is 2.35. The zero-order valence-corrected chi connectivity index (χ0v) is 11.9. The molecule has 1 saturated heterocycles. The van der Waals surface area contributed by atoms with E-state index in [0.717, 1.165) is 12.2 Å². The van der Waals surface area contributed by atoms with E-state index < -0.39 is 0 Å². The highest BCUT2D eigenvalue weighted by molar-refractivity contribution is 7.18. The second kappa shape index (κ2) is 4.33. The Kier molecular flexibility index (Phi) is 2.92. The number of hydrogen-bond acceptors (Lipinski definition) is 4. The molecule has 3 N–H and O–H groups in total. The van der Waals surface area contributed by atoms with Crippen LogP contribution in [0, 0.1) is 12.8 Å². The van der Waals surface area contributed by atoms with E-state index in [4.69, 9.17) is 5.73 Å². The molecule has 3 rings (SSSR count). The molecule has 3 unspecified atom stereocenters. The van der Waals surface area contributed by atoms with Gasteiger partial charge in [-0.05, 0) is 31.9 Å². The lowest BCUT2D eigenvalue weighted by atomic mass is 9.88. The smallest absolute Gasteiger partial charge is 0.121 e. The van der Waals surface area contributed by atoms with Crippen molar-refractivity contribution < 1.29 is 0 Å². The zero-order valence-electron chi connectivity index (χ0n) is 11.1. The fourth-order valence-electron chi connectivity index (χ4n) is 2.79. The lowest BCUT2D eigenvalue weighted by Crippen LogP contribution is -2.47. The van der Waals surface area contributed by atoms with Gasteiger partial charge in [0, 0.05) is 23.4 Å². The molecule has 0 aliphatic carbocycles. The number of piperidine rings is 1. The molecule has 18 heavy (non-hydrogen) atoms. The largest absolute Gasteiger partial charge is 0.326 e. The van der Waals surface area contributed by atoms with Crippen LogP contribution in [0.4, 0.5) is 0 Å². The van der Waals surface area contributed by atoms with Gasteiger partial charge in [-0.25, -0.2) is 0 Å². The molecule has 2 aromatic rings. The van der Waals surface area contributed by atoms with Gasteiger partial charge in [-0.1, -0.05) is 6.92 Å². The van der Waals surface area contributed by atoms with Gasteiger partial charge in [0.25, 0.3) is 0 Å². The highest BCUT2D eigenvalue weighted by Gasteiger charge is 2.30. The predicted octanol–water partition coefficient (Wildman–Crippen LogP) is 1.94. The quantitative estimate of drug-likeness (QED) is 0.827. The molecule has 0 bridgehead atoms. The molecule has 5 heteroatoms. The minimum atomic E-state index is 0.208. The minimum Gasteiger partial charge on any atom is -0.326 e. The summed E-state index contributed by atoms with van der Waals surface area (Å²) in [5, 5.41) is 9.28. The van der Waals surface area contributed by atoms with E-state index in [1.54, 1.807) is 0 Å². The van der Waals surface area contributed by atoms with Gasteiger partial charge in [-0.3, -0.25) is 4.68 Å². The molecule has 0 radical (unpaired) electrons. The second-order valence-electron chi connectivity index (χ2n) is 5.35. The van der Waals surface area contributed by atoms with Gasteiger partial charge >= 0.3 is 0 Å². The Morgan fingerprint density at radius 3 is 3.06 bits per heavy atom. The summed E-state index contributed by atoms with van der Waals surface area (Å²) in [7, 11) is 2.01. The minimum absolute atomic E-state index is 0.208. The van der Waals surface area contributed by atoms with Crippen LogP contribution in [0.5, 0.6) is 0 Å². The molecule has 1 fully saturated rings. The van der Waals surface area contributed by atoms with Gasteiger partial charge in [-0.2, -0.15) is 5.10 Å². The van der Waals surface area contributed by atoms with Crippen LogP contribution in [0.25, 0.3) is 10.2 Å². The van der Waals surface area contributed by atoms with Crippen molar-refractivity contribution in [1.82, 2.24) is 15.1 Å². The summed E-state index contributed by atoms with van der Waals surface area (Å²) in [4.78, 5) is 2.59. The Hall–Kier alpha value is -0.910. The van der Waals surface area contributed by atoms with E-state index >= 15 is 0 Å². The van der Waals surface area contributed by atoms with Crippen LogP contribution in [0.1, 0.15) is 30.0 Å². The van der Waals surface area contributed by atoms with Crippen molar-refractivity contribution in [3.05, 3.63) is 16.6 Å². The molecule has 0 aromatic carbocycles. The first-order valence-corrected chi connectivity index (χ1v) is 7.31. The fourth-order valence-corrected chi connectivity index (χ4v) is 4.05. The van der Waals surface area contributed by atoms with Crippen molar-refractivity contribution in [3.8, 4) is 0 Å². The monoisotopic (exact) mass is 264 g/mol. The molecule has 0 spiro atoms. The van der Waals surface area contributed by atoms with E-state index in [9.17, 15) is 0 Å². The Labute approximate surface area is 111 Å². The van der Waals surface area contributed by atoms with Gasteiger partial charge in [0.2, 0.25) is 0 Å². The maximum atomic E-state index is 6.34. The fraction of sp³-hybridized carbons (Fsp3) is 0.615. The normalized spacial score (nSPS) is 29.0. The molecular weight excluding hydrogens is 244 g/mol. The maximum absolute atomic E-state index is 6.34. The molecule has 3 atom stereocenters. The Morgan fingerprint density at radius 1 is 1.56 bits per heavy atom. The third-order valence-electron chi connectivity index (χ3n) is 4.03. The van der Waals surface area contributed by atoms with E-state index in [0.29, 0.717) is 12.0 Å². The van der Waals surface area contributed by atoms with Gasteiger partial charge in [0.1, 0.15) is 4.83 Å². The van der Waals surface area contributed by atoms with Crippen molar-refractivity contribution in [2.75, 3.05) is 6.54 Å². The summed E-state index contributed by atoms with van der Waals surface area (Å²) < 4.78 is 1.97. The first kappa shape index (κ1) is 12.1. The molecule has 3 heterocycles. The van der Waals surface area contributed by atoms with Crippen LogP contribution in [-0.2, 0) is 7.05 Å². The van der Waals surface area contributed by atoms with E-state index in [-0.39, 0.29) is 6.04 Å². The van der Waals surface area contributed by atoms with Crippen molar-refractivity contribution in [1.29, 1.82) is 0 Å². The van der Waals surface area contributed by atoms with Gasteiger partial charge in [-0.15, -0.1) is 11.3 Å². The van der Waals surface area contributed by atoms with E-state index in [1.165, 1.54) is 21.5 Å². The number of aromatic nitrogens is 2. The average molecular weight is 264 g/mol. The van der Waals surface area contributed by atoms with Crippen LogP contribution in [0.15, 0.2) is 6.07 Å². The van der Waals surface area contributed by atoms with E-state index in [1.807, 2.05) is 23.1 Å². The second-order valence-corrected chi connectivity index (χ2v) is 6.41. The van der Waals surface area contributed by atoms with Crippen molar-refractivity contribution in [2.24, 2.45) is 18.7 Å². The number of nitrogens with zero attached hydrogens (tertiary/aromatic N) is 2. The SMILES string of the molecule is Cc1nn(C)c2sc(C3NCCC(C)C3N)cc12. The van der Waals surface area contributed by atoms with E-state index in [2.05, 4.69) is 30.3 Å². The molecule has 0 saturated carbocycles. The number of aryl methyl sites for hydroxylation is 2. The molecule has 4 nitrogen and oxygen atoms in total. The highest BCUT2D eigenvalue weighted by atomic mass is 32.1. The summed E-state index contributed by atoms with van der Waals surface area (Å²) in [6, 6.07) is 2.77. The maximum Gasteiger partial charge on any atom is 0.121 e. The zero-order chi connectivity index (χ0) is 12.9. The van der Waals surface area contributed by atoms with Crippen molar-refractivity contribution in [2.45, 2.75) is 32.4 Å². The summed E-state index contributed by atoms with van der Waals surface area (Å²) in [6.45, 7) is 5.37. The van der Waals surface area contributed by atoms with Gasteiger partial charge in [0.05, 0.1) is 11.7 Å². The molecule has 2 aromatic heterocycles. The van der Waals surface area contributed by atoms with Gasteiger partial charge < -0.3 is 11.1 Å². The number of rotatable bonds is 1. The Morgan fingerprint density at radius 2 is 2.33 bits per heavy atom. The molecule has 0 amide bonds. The summed E-state index contributed by atoms with van der Waals surface area (Å²) in [5.74, 6) is 0.584. The molecule has 1 aliphatic rings. The summed E-state index contributed by atoms with van der Waals surface area (Å²) in [5.41, 5.74) is 7.45. The van der Waals surface area contributed by atoms with Crippen molar-refractivity contribution in [3.63, 3.8) is 0 Å². The number of fused-ring (bicyclic) bond motifs is 1. The summed E-state index contributed by atoms with van der Waals surface area (Å²) in [6.07, 6.45) is 1.17. The van der Waals surface area contributed by atoms with Crippen LogP contribution in [0.2, 0.25) is 0 Å². The van der Waals surface area contributed by atoms with Gasteiger partial charge in [0.15, 0.2) is 0 Å². The number of thiophene rings is 1.